The highest BCUT2D eigenvalue weighted by Crippen LogP contribution is 2.19. The van der Waals surface area contributed by atoms with Crippen molar-refractivity contribution >= 4 is 0 Å². The number of benzene rings is 1. The predicted octanol–water partition coefficient (Wildman–Crippen LogP) is 2.82. The molecule has 1 nitrogen and oxygen atoms in total. The SMILES string of the molecule is C=CCC(N)c1ccccc1CC. The molecule has 2 N–H and O–H groups in total. The van der Waals surface area contributed by atoms with Gasteiger partial charge in [0.15, 0.2) is 0 Å². The Morgan fingerprint density at radius 2 is 2.15 bits per heavy atom. The fourth-order valence-electron chi connectivity index (χ4n) is 1.52. The lowest BCUT2D eigenvalue weighted by Gasteiger charge is -2.13. The van der Waals surface area contributed by atoms with E-state index in [1.807, 2.05) is 12.1 Å². The second kappa shape index (κ2) is 4.83. The largest absolute Gasteiger partial charge is 0.324 e. The van der Waals surface area contributed by atoms with Gasteiger partial charge < -0.3 is 5.73 Å². The molecule has 1 atom stereocenters. The molecule has 70 valence electrons. The van der Waals surface area contributed by atoms with Crippen molar-refractivity contribution in [1.82, 2.24) is 0 Å². The molecule has 0 spiro atoms. The third-order valence-electron chi connectivity index (χ3n) is 2.26. The molecule has 0 amide bonds. The first kappa shape index (κ1) is 10.0. The fourth-order valence-corrected chi connectivity index (χ4v) is 1.52. The highest BCUT2D eigenvalue weighted by atomic mass is 14.6. The lowest BCUT2D eigenvalue weighted by Crippen LogP contribution is -2.11. The summed E-state index contributed by atoms with van der Waals surface area (Å²) < 4.78 is 0. The second-order valence-corrected chi connectivity index (χ2v) is 3.18. The molecule has 0 aliphatic carbocycles. The highest BCUT2D eigenvalue weighted by Gasteiger charge is 2.06. The Balaban J connectivity index is 2.91. The molecule has 1 aromatic carbocycles. The van der Waals surface area contributed by atoms with E-state index in [9.17, 15) is 0 Å². The molecule has 0 saturated heterocycles. The van der Waals surface area contributed by atoms with Crippen LogP contribution in [0.1, 0.15) is 30.5 Å². The number of nitrogens with two attached hydrogens (primary N) is 1. The summed E-state index contributed by atoms with van der Waals surface area (Å²) in [5.74, 6) is 0. The van der Waals surface area contributed by atoms with E-state index >= 15 is 0 Å². The van der Waals surface area contributed by atoms with Crippen LogP contribution in [0.2, 0.25) is 0 Å². The van der Waals surface area contributed by atoms with Crippen LogP contribution in [0.4, 0.5) is 0 Å². The minimum Gasteiger partial charge on any atom is -0.324 e. The van der Waals surface area contributed by atoms with E-state index in [-0.39, 0.29) is 6.04 Å². The minimum absolute atomic E-state index is 0.105. The minimum atomic E-state index is 0.105. The van der Waals surface area contributed by atoms with Crippen LogP contribution in [-0.4, -0.2) is 0 Å². The van der Waals surface area contributed by atoms with Crippen LogP contribution in [0.25, 0.3) is 0 Å². The Morgan fingerprint density at radius 3 is 2.77 bits per heavy atom. The van der Waals surface area contributed by atoms with Crippen molar-refractivity contribution in [1.29, 1.82) is 0 Å². The summed E-state index contributed by atoms with van der Waals surface area (Å²) in [4.78, 5) is 0. The van der Waals surface area contributed by atoms with Gasteiger partial charge >= 0.3 is 0 Å². The summed E-state index contributed by atoms with van der Waals surface area (Å²) in [7, 11) is 0. The van der Waals surface area contributed by atoms with Gasteiger partial charge in [0.25, 0.3) is 0 Å². The maximum atomic E-state index is 6.01. The summed E-state index contributed by atoms with van der Waals surface area (Å²) in [6.45, 7) is 5.85. The van der Waals surface area contributed by atoms with Gasteiger partial charge in [0.1, 0.15) is 0 Å². The molecule has 0 aliphatic rings. The predicted molar refractivity (Wildman–Crippen MR) is 57.6 cm³/mol. The Hall–Kier alpha value is -1.08. The number of hydrogen-bond donors (Lipinski definition) is 1. The molecule has 0 aromatic heterocycles. The number of hydrogen-bond acceptors (Lipinski definition) is 1. The zero-order chi connectivity index (χ0) is 9.68. The first-order valence-electron chi connectivity index (χ1n) is 4.73. The lowest BCUT2D eigenvalue weighted by atomic mass is 9.97. The van der Waals surface area contributed by atoms with Gasteiger partial charge in [-0.15, -0.1) is 6.58 Å². The standard InChI is InChI=1S/C12H17N/c1-3-7-12(13)11-9-6-5-8-10(11)4-2/h3,5-6,8-9,12H,1,4,7,13H2,2H3. The maximum Gasteiger partial charge on any atom is 0.0332 e. The topological polar surface area (TPSA) is 26.0 Å². The molecule has 0 heterocycles. The Morgan fingerprint density at radius 1 is 1.46 bits per heavy atom. The number of aryl methyl sites for hydroxylation is 1. The summed E-state index contributed by atoms with van der Waals surface area (Å²) >= 11 is 0. The van der Waals surface area contributed by atoms with Gasteiger partial charge in [0.2, 0.25) is 0 Å². The fraction of sp³-hybridized carbons (Fsp3) is 0.333. The van der Waals surface area contributed by atoms with Crippen molar-refractivity contribution in [2.75, 3.05) is 0 Å². The summed E-state index contributed by atoms with van der Waals surface area (Å²) in [5, 5.41) is 0. The number of rotatable bonds is 4. The smallest absolute Gasteiger partial charge is 0.0332 e. The summed E-state index contributed by atoms with van der Waals surface area (Å²) in [6, 6.07) is 8.44. The molecular formula is C12H17N. The van der Waals surface area contributed by atoms with Crippen molar-refractivity contribution in [3.63, 3.8) is 0 Å². The zero-order valence-electron chi connectivity index (χ0n) is 8.16. The van der Waals surface area contributed by atoms with Crippen molar-refractivity contribution in [2.45, 2.75) is 25.8 Å². The summed E-state index contributed by atoms with van der Waals surface area (Å²) in [6.07, 6.45) is 3.76. The van der Waals surface area contributed by atoms with Crippen LogP contribution in [0.5, 0.6) is 0 Å². The van der Waals surface area contributed by atoms with Crippen LogP contribution in [-0.2, 0) is 6.42 Å². The quantitative estimate of drug-likeness (QED) is 0.700. The van der Waals surface area contributed by atoms with E-state index in [4.69, 9.17) is 5.73 Å². The molecule has 0 saturated carbocycles. The maximum absolute atomic E-state index is 6.01. The van der Waals surface area contributed by atoms with Gasteiger partial charge in [-0.3, -0.25) is 0 Å². The van der Waals surface area contributed by atoms with E-state index < -0.39 is 0 Å². The van der Waals surface area contributed by atoms with Crippen LogP contribution in [0.15, 0.2) is 36.9 Å². The van der Waals surface area contributed by atoms with Crippen molar-refractivity contribution in [2.24, 2.45) is 5.73 Å². The van der Waals surface area contributed by atoms with E-state index in [0.717, 1.165) is 12.8 Å². The molecule has 1 unspecified atom stereocenters. The monoisotopic (exact) mass is 175 g/mol. The zero-order valence-corrected chi connectivity index (χ0v) is 8.16. The van der Waals surface area contributed by atoms with Crippen LogP contribution >= 0.6 is 0 Å². The highest BCUT2D eigenvalue weighted by molar-refractivity contribution is 5.30. The van der Waals surface area contributed by atoms with Gasteiger partial charge in [0, 0.05) is 6.04 Å². The first-order chi connectivity index (χ1) is 6.29. The van der Waals surface area contributed by atoms with Crippen LogP contribution in [0, 0.1) is 0 Å². The van der Waals surface area contributed by atoms with Gasteiger partial charge in [0.05, 0.1) is 0 Å². The molecular weight excluding hydrogens is 158 g/mol. The molecule has 13 heavy (non-hydrogen) atoms. The third-order valence-corrected chi connectivity index (χ3v) is 2.26. The van der Waals surface area contributed by atoms with E-state index in [0.29, 0.717) is 0 Å². The Labute approximate surface area is 80.3 Å². The molecule has 0 fully saturated rings. The molecule has 0 bridgehead atoms. The first-order valence-corrected chi connectivity index (χ1v) is 4.73. The molecule has 1 aromatic rings. The van der Waals surface area contributed by atoms with Crippen molar-refractivity contribution in [3.05, 3.63) is 48.0 Å². The van der Waals surface area contributed by atoms with Gasteiger partial charge in [-0.1, -0.05) is 37.3 Å². The van der Waals surface area contributed by atoms with E-state index in [1.165, 1.54) is 11.1 Å². The van der Waals surface area contributed by atoms with Crippen LogP contribution < -0.4 is 5.73 Å². The van der Waals surface area contributed by atoms with Crippen LogP contribution in [0.3, 0.4) is 0 Å². The Kier molecular flexibility index (Phi) is 3.71. The van der Waals surface area contributed by atoms with Crippen molar-refractivity contribution in [3.8, 4) is 0 Å². The Bertz CT molecular complexity index is 278. The van der Waals surface area contributed by atoms with Crippen molar-refractivity contribution < 1.29 is 0 Å². The van der Waals surface area contributed by atoms with Gasteiger partial charge in [-0.2, -0.15) is 0 Å². The molecule has 0 radical (unpaired) electrons. The summed E-state index contributed by atoms with van der Waals surface area (Å²) in [5.41, 5.74) is 8.61. The molecule has 1 heteroatoms. The molecule has 0 aliphatic heterocycles. The van der Waals surface area contributed by atoms with Gasteiger partial charge in [-0.05, 0) is 24.0 Å². The second-order valence-electron chi connectivity index (χ2n) is 3.18. The van der Waals surface area contributed by atoms with E-state index in [1.54, 1.807) is 0 Å². The van der Waals surface area contributed by atoms with E-state index in [2.05, 4.69) is 31.7 Å². The van der Waals surface area contributed by atoms with Gasteiger partial charge in [-0.25, -0.2) is 0 Å². The molecule has 1 rings (SSSR count). The third kappa shape index (κ3) is 2.43. The lowest BCUT2D eigenvalue weighted by molar-refractivity contribution is 0.730. The average Bonchev–Trinajstić information content (AvgIpc) is 2.18. The average molecular weight is 175 g/mol. The normalized spacial score (nSPS) is 12.5.